The fourth-order valence-electron chi connectivity index (χ4n) is 1.46. The Balaban J connectivity index is 3.24. The van der Waals surface area contributed by atoms with E-state index in [1.807, 2.05) is 0 Å². The van der Waals surface area contributed by atoms with Crippen LogP contribution < -0.4 is 0 Å². The molecule has 0 aliphatic carbocycles. The van der Waals surface area contributed by atoms with E-state index < -0.39 is 0 Å². The summed E-state index contributed by atoms with van der Waals surface area (Å²) in [5, 5.41) is 0. The summed E-state index contributed by atoms with van der Waals surface area (Å²) in [4.78, 5) is 0. The lowest BCUT2D eigenvalue weighted by atomic mass is 9.83. The van der Waals surface area contributed by atoms with Gasteiger partial charge in [-0.1, -0.05) is 42.8 Å². The SMILES string of the molecule is [CH2]Cc1ccc(Br)cc1C(C)(C)C. The molecule has 1 aromatic rings. The maximum Gasteiger partial charge on any atom is 0.0178 e. The van der Waals surface area contributed by atoms with Crippen LogP contribution in [0.15, 0.2) is 22.7 Å². The third kappa shape index (κ3) is 2.57. The standard InChI is InChI=1S/C12H16Br/c1-5-9-6-7-10(13)8-11(9)12(2,3)4/h6-8H,1,5H2,2-4H3. The summed E-state index contributed by atoms with van der Waals surface area (Å²) in [6, 6.07) is 6.42. The van der Waals surface area contributed by atoms with Crippen LogP contribution >= 0.6 is 15.9 Å². The summed E-state index contributed by atoms with van der Waals surface area (Å²) in [5.41, 5.74) is 2.93. The highest BCUT2D eigenvalue weighted by Crippen LogP contribution is 2.28. The van der Waals surface area contributed by atoms with Crippen molar-refractivity contribution >= 4 is 15.9 Å². The molecule has 0 spiro atoms. The van der Waals surface area contributed by atoms with Crippen molar-refractivity contribution in [2.75, 3.05) is 0 Å². The lowest BCUT2D eigenvalue weighted by Gasteiger charge is -2.22. The van der Waals surface area contributed by atoms with Crippen LogP contribution in [0.4, 0.5) is 0 Å². The molecule has 0 atom stereocenters. The van der Waals surface area contributed by atoms with E-state index in [1.165, 1.54) is 11.1 Å². The Labute approximate surface area is 89.5 Å². The van der Waals surface area contributed by atoms with Gasteiger partial charge in [-0.25, -0.2) is 0 Å². The van der Waals surface area contributed by atoms with Crippen LogP contribution in [-0.4, -0.2) is 0 Å². The summed E-state index contributed by atoms with van der Waals surface area (Å²) >= 11 is 3.50. The van der Waals surface area contributed by atoms with Crippen LogP contribution in [0.2, 0.25) is 0 Å². The van der Waals surface area contributed by atoms with Crippen LogP contribution in [0, 0.1) is 6.92 Å². The minimum Gasteiger partial charge on any atom is -0.0576 e. The van der Waals surface area contributed by atoms with Crippen LogP contribution in [0.5, 0.6) is 0 Å². The Morgan fingerprint density at radius 2 is 1.92 bits per heavy atom. The van der Waals surface area contributed by atoms with Crippen molar-refractivity contribution in [3.63, 3.8) is 0 Å². The van der Waals surface area contributed by atoms with E-state index in [1.54, 1.807) is 0 Å². The molecule has 0 bridgehead atoms. The molecule has 1 heteroatoms. The van der Waals surface area contributed by atoms with Gasteiger partial charge in [-0.05, 0) is 42.0 Å². The molecule has 0 fully saturated rings. The van der Waals surface area contributed by atoms with E-state index >= 15 is 0 Å². The smallest absolute Gasteiger partial charge is 0.0178 e. The number of hydrogen-bond donors (Lipinski definition) is 0. The second kappa shape index (κ2) is 3.83. The highest BCUT2D eigenvalue weighted by atomic mass is 79.9. The van der Waals surface area contributed by atoms with Crippen LogP contribution in [0.25, 0.3) is 0 Å². The van der Waals surface area contributed by atoms with Gasteiger partial charge < -0.3 is 0 Å². The van der Waals surface area contributed by atoms with E-state index in [0.29, 0.717) is 0 Å². The Morgan fingerprint density at radius 1 is 1.31 bits per heavy atom. The van der Waals surface area contributed by atoms with Gasteiger partial charge in [0.25, 0.3) is 0 Å². The van der Waals surface area contributed by atoms with Gasteiger partial charge in [0, 0.05) is 4.47 Å². The van der Waals surface area contributed by atoms with E-state index in [4.69, 9.17) is 0 Å². The maximum absolute atomic E-state index is 3.94. The van der Waals surface area contributed by atoms with Gasteiger partial charge >= 0.3 is 0 Å². The molecule has 0 nitrogen and oxygen atoms in total. The second-order valence-electron chi connectivity index (χ2n) is 4.30. The molecule has 0 amide bonds. The number of rotatable bonds is 1. The zero-order chi connectivity index (χ0) is 10.1. The first kappa shape index (κ1) is 10.8. The fraction of sp³-hybridized carbons (Fsp3) is 0.417. The molecular formula is C12H16Br. The van der Waals surface area contributed by atoms with E-state index in [9.17, 15) is 0 Å². The van der Waals surface area contributed by atoms with Crippen molar-refractivity contribution in [1.82, 2.24) is 0 Å². The van der Waals surface area contributed by atoms with Gasteiger partial charge in [0.2, 0.25) is 0 Å². The molecule has 1 rings (SSSR count). The predicted molar refractivity (Wildman–Crippen MR) is 61.9 cm³/mol. The number of benzene rings is 1. The zero-order valence-corrected chi connectivity index (χ0v) is 10.1. The summed E-state index contributed by atoms with van der Waals surface area (Å²) in [5.74, 6) is 0. The fourth-order valence-corrected chi connectivity index (χ4v) is 1.83. The second-order valence-corrected chi connectivity index (χ2v) is 5.22. The van der Waals surface area contributed by atoms with E-state index in [2.05, 4.69) is 61.8 Å². The van der Waals surface area contributed by atoms with E-state index in [-0.39, 0.29) is 5.41 Å². The first-order chi connectivity index (χ1) is 5.95. The number of halogens is 1. The third-order valence-corrected chi connectivity index (χ3v) is 2.64. The van der Waals surface area contributed by atoms with Crippen molar-refractivity contribution in [3.8, 4) is 0 Å². The number of hydrogen-bond acceptors (Lipinski definition) is 0. The van der Waals surface area contributed by atoms with Gasteiger partial charge in [0.1, 0.15) is 0 Å². The van der Waals surface area contributed by atoms with Crippen LogP contribution in [0.1, 0.15) is 31.9 Å². The van der Waals surface area contributed by atoms with Gasteiger partial charge in [-0.3, -0.25) is 0 Å². The van der Waals surface area contributed by atoms with Gasteiger partial charge in [-0.15, -0.1) is 0 Å². The highest BCUT2D eigenvalue weighted by molar-refractivity contribution is 9.10. The molecule has 13 heavy (non-hydrogen) atoms. The van der Waals surface area contributed by atoms with Gasteiger partial charge in [0.15, 0.2) is 0 Å². The Morgan fingerprint density at radius 3 is 2.38 bits per heavy atom. The molecule has 0 N–H and O–H groups in total. The van der Waals surface area contributed by atoms with Crippen molar-refractivity contribution in [1.29, 1.82) is 0 Å². The molecule has 1 aromatic carbocycles. The molecule has 0 saturated heterocycles. The highest BCUT2D eigenvalue weighted by Gasteiger charge is 2.16. The zero-order valence-electron chi connectivity index (χ0n) is 8.52. The van der Waals surface area contributed by atoms with Crippen molar-refractivity contribution in [2.24, 2.45) is 0 Å². The van der Waals surface area contributed by atoms with Crippen molar-refractivity contribution < 1.29 is 0 Å². The van der Waals surface area contributed by atoms with Crippen molar-refractivity contribution in [3.05, 3.63) is 40.7 Å². The van der Waals surface area contributed by atoms with Gasteiger partial charge in [0.05, 0.1) is 0 Å². The minimum atomic E-state index is 0.205. The molecule has 0 saturated carbocycles. The summed E-state index contributed by atoms with van der Waals surface area (Å²) in [6.45, 7) is 10.6. The molecule has 71 valence electrons. The Kier molecular flexibility index (Phi) is 3.18. The molecule has 0 unspecified atom stereocenters. The monoisotopic (exact) mass is 239 g/mol. The Bertz CT molecular complexity index is 294. The first-order valence-corrected chi connectivity index (χ1v) is 5.32. The van der Waals surface area contributed by atoms with Crippen molar-refractivity contribution in [2.45, 2.75) is 32.6 Å². The first-order valence-electron chi connectivity index (χ1n) is 4.53. The Hall–Kier alpha value is -0.300. The van der Waals surface area contributed by atoms with Crippen LogP contribution in [0.3, 0.4) is 0 Å². The summed E-state index contributed by atoms with van der Waals surface area (Å²) in [7, 11) is 0. The lowest BCUT2D eigenvalue weighted by molar-refractivity contribution is 0.584. The van der Waals surface area contributed by atoms with Crippen LogP contribution in [-0.2, 0) is 11.8 Å². The topological polar surface area (TPSA) is 0 Å². The molecule has 0 aliphatic heterocycles. The molecule has 0 aliphatic rings. The van der Waals surface area contributed by atoms with Gasteiger partial charge in [-0.2, -0.15) is 0 Å². The van der Waals surface area contributed by atoms with E-state index in [0.717, 1.165) is 10.9 Å². The molecular weight excluding hydrogens is 224 g/mol. The average Bonchev–Trinajstić information content (AvgIpc) is 2.03. The average molecular weight is 240 g/mol. The predicted octanol–water partition coefficient (Wildman–Crippen LogP) is 4.12. The third-order valence-electron chi connectivity index (χ3n) is 2.15. The minimum absolute atomic E-state index is 0.205. The maximum atomic E-state index is 3.94. The molecule has 1 radical (unpaired) electrons. The quantitative estimate of drug-likeness (QED) is 0.692. The molecule has 0 aromatic heterocycles. The summed E-state index contributed by atoms with van der Waals surface area (Å²) < 4.78 is 1.15. The molecule has 0 heterocycles. The largest absolute Gasteiger partial charge is 0.0576 e. The normalized spacial score (nSPS) is 11.8. The lowest BCUT2D eigenvalue weighted by Crippen LogP contribution is -2.13. The summed E-state index contributed by atoms with van der Waals surface area (Å²) in [6.07, 6.45) is 0.861.